The van der Waals surface area contributed by atoms with Crippen molar-refractivity contribution in [3.8, 4) is 0 Å². The molecule has 0 aromatic rings. The maximum atomic E-state index is 13.0. The Balaban J connectivity index is 4.73. The van der Waals surface area contributed by atoms with Crippen molar-refractivity contribution in [3.63, 3.8) is 0 Å². The van der Waals surface area contributed by atoms with E-state index in [0.717, 1.165) is 135 Å². The number of phosphoric ester groups is 1. The van der Waals surface area contributed by atoms with Crippen molar-refractivity contribution in [1.82, 2.24) is 0 Å². The highest BCUT2D eigenvalue weighted by Gasteiger charge is 2.28. The maximum absolute atomic E-state index is 13.0. The normalized spacial score (nSPS) is 13.9. The predicted octanol–water partition coefficient (Wildman–Crippen LogP) is 19.0. The van der Waals surface area contributed by atoms with E-state index in [9.17, 15) is 28.9 Å². The van der Waals surface area contributed by atoms with E-state index in [4.69, 9.17) is 23.3 Å². The molecule has 0 fully saturated rings. The lowest BCUT2D eigenvalue weighted by Crippen LogP contribution is -2.30. The minimum absolute atomic E-state index is 0.155. The van der Waals surface area contributed by atoms with Gasteiger partial charge in [-0.2, -0.15) is 0 Å². The number of unbranched alkanes of at least 4 members (excludes halogenated alkanes) is 27. The van der Waals surface area contributed by atoms with Crippen LogP contribution in [-0.2, 0) is 42.2 Å². The highest BCUT2D eigenvalue weighted by atomic mass is 31.2. The van der Waals surface area contributed by atoms with Gasteiger partial charge >= 0.3 is 25.7 Å². The lowest BCUT2D eigenvalue weighted by atomic mass is 10.0. The molecule has 450 valence electrons. The van der Waals surface area contributed by atoms with Crippen LogP contribution in [0.4, 0.5) is 0 Å². The molecular formula is C66H115O11P. The second-order valence-corrected chi connectivity index (χ2v) is 22.3. The summed E-state index contributed by atoms with van der Waals surface area (Å²) in [6.07, 6.45) is 69.6. The van der Waals surface area contributed by atoms with Gasteiger partial charge in [-0.25, -0.2) is 4.57 Å². The number of hydrogen-bond donors (Lipinski definition) is 2. The summed E-state index contributed by atoms with van der Waals surface area (Å²) in [6.45, 7) is 4.42. The van der Waals surface area contributed by atoms with Crippen molar-refractivity contribution in [2.45, 2.75) is 290 Å². The predicted molar refractivity (Wildman–Crippen MR) is 325 cm³/mol. The molecule has 0 radical (unpaired) electrons. The fraction of sp³-hybridized carbons (Fsp3) is 0.742. The molecule has 0 aromatic heterocycles. The van der Waals surface area contributed by atoms with E-state index in [1.54, 1.807) is 0 Å². The zero-order valence-corrected chi connectivity index (χ0v) is 50.8. The van der Waals surface area contributed by atoms with Gasteiger partial charge in [-0.1, -0.05) is 254 Å². The van der Waals surface area contributed by atoms with Gasteiger partial charge in [0.25, 0.3) is 0 Å². The highest BCUT2D eigenvalue weighted by molar-refractivity contribution is 7.47. The van der Waals surface area contributed by atoms with Gasteiger partial charge in [0.1, 0.15) is 12.7 Å². The third-order valence-electron chi connectivity index (χ3n) is 13.3. The smallest absolute Gasteiger partial charge is 0.462 e. The molecular weight excluding hydrogens is 1000 g/mol. The van der Waals surface area contributed by atoms with Gasteiger partial charge in [0.05, 0.1) is 19.8 Å². The quantitative estimate of drug-likeness (QED) is 0.0197. The lowest BCUT2D eigenvalue weighted by Gasteiger charge is -2.21. The van der Waals surface area contributed by atoms with E-state index in [0.29, 0.717) is 19.3 Å². The van der Waals surface area contributed by atoms with Crippen molar-refractivity contribution in [2.24, 2.45) is 0 Å². The molecule has 0 heterocycles. The third-order valence-corrected chi connectivity index (χ3v) is 14.3. The number of esters is 3. The summed E-state index contributed by atoms with van der Waals surface area (Å²) in [5, 5.41) is 9.84. The Hall–Kier alpha value is -3.34. The molecule has 0 aliphatic rings. The van der Waals surface area contributed by atoms with Crippen LogP contribution >= 0.6 is 7.82 Å². The topological polar surface area (TPSA) is 155 Å². The minimum atomic E-state index is -4.76. The number of hydrogen-bond acceptors (Lipinski definition) is 10. The number of carbonyl (C=O) groups is 3. The molecule has 0 rings (SSSR count). The molecule has 0 saturated carbocycles. The van der Waals surface area contributed by atoms with Crippen LogP contribution in [0.1, 0.15) is 278 Å². The fourth-order valence-electron chi connectivity index (χ4n) is 8.60. The number of ether oxygens (including phenoxy) is 3. The number of allylic oxidation sites excluding steroid dienone is 14. The molecule has 0 saturated heterocycles. The first kappa shape index (κ1) is 74.7. The Labute approximate surface area is 477 Å². The summed E-state index contributed by atoms with van der Waals surface area (Å²) in [5.41, 5.74) is 0. The molecule has 11 nitrogen and oxygen atoms in total. The second-order valence-electron chi connectivity index (χ2n) is 20.8. The molecule has 0 bridgehead atoms. The van der Waals surface area contributed by atoms with Gasteiger partial charge in [0.15, 0.2) is 6.10 Å². The van der Waals surface area contributed by atoms with E-state index in [1.165, 1.54) is 83.5 Å². The number of phosphoric acid groups is 1. The van der Waals surface area contributed by atoms with Crippen LogP contribution in [0.3, 0.4) is 0 Å². The van der Waals surface area contributed by atoms with Gasteiger partial charge in [-0.15, -0.1) is 0 Å². The lowest BCUT2D eigenvalue weighted by molar-refractivity contribution is -0.161. The molecule has 0 aliphatic carbocycles. The summed E-state index contributed by atoms with van der Waals surface area (Å²) < 4.78 is 39.6. The molecule has 2 N–H and O–H groups in total. The van der Waals surface area contributed by atoms with Gasteiger partial charge in [0.2, 0.25) is 0 Å². The zero-order chi connectivity index (χ0) is 56.9. The SMILES string of the molecule is CC/C=C\C/C=C\C/C=C\C/C=C\CCCCCCCCC(=O)OCC(COP(=O)(O)OCC(CO)OC(=O)CCCCCCC/C=C\C/C=C\C/C=C\CC)OC(=O)CCCCCCCCCCCCCCCCCCC. The molecule has 3 unspecified atom stereocenters. The third kappa shape index (κ3) is 57.3. The Morgan fingerprint density at radius 1 is 0.372 bits per heavy atom. The molecule has 0 spiro atoms. The Kier molecular flexibility index (Phi) is 57.2. The van der Waals surface area contributed by atoms with Gasteiger partial charge < -0.3 is 24.2 Å². The summed E-state index contributed by atoms with van der Waals surface area (Å²) in [4.78, 5) is 48.7. The van der Waals surface area contributed by atoms with E-state index < -0.39 is 57.8 Å². The summed E-state index contributed by atoms with van der Waals surface area (Å²) in [6, 6.07) is 0. The van der Waals surface area contributed by atoms with Gasteiger partial charge in [-0.3, -0.25) is 23.4 Å². The standard InChI is InChI=1S/C66H115O11P/c1-4-7-10-13-16-19-22-25-28-30-31-33-35-37-40-43-46-49-52-55-64(68)73-59-63(77-66(70)57-54-51-48-45-42-39-36-32-29-26-23-20-17-14-11-8-5-2)61-75-78(71,72)74-60-62(58-67)76-65(69)56-53-50-47-44-41-38-34-27-24-21-18-15-12-9-6-3/h7,9-10,12,16,18-19,21,25,27-28,31,33-34,62-63,67H,4-6,8,11,13-15,17,20,22-24,26,29-30,32,35-61H2,1-3H3,(H,71,72)/b10-7-,12-9-,19-16-,21-18-,28-25-,33-31-,34-27-. The summed E-state index contributed by atoms with van der Waals surface area (Å²) >= 11 is 0. The Bertz CT molecular complexity index is 1630. The molecule has 0 amide bonds. The average molecular weight is 1120 g/mol. The van der Waals surface area contributed by atoms with E-state index >= 15 is 0 Å². The van der Waals surface area contributed by atoms with Crippen molar-refractivity contribution >= 4 is 25.7 Å². The molecule has 12 heteroatoms. The van der Waals surface area contributed by atoms with Crippen molar-refractivity contribution < 1.29 is 52.2 Å². The first-order valence-electron chi connectivity index (χ1n) is 31.5. The molecule has 78 heavy (non-hydrogen) atoms. The molecule has 0 aromatic carbocycles. The number of rotatable bonds is 58. The minimum Gasteiger partial charge on any atom is -0.462 e. The van der Waals surface area contributed by atoms with Crippen LogP contribution < -0.4 is 0 Å². The van der Waals surface area contributed by atoms with E-state index in [-0.39, 0.29) is 25.9 Å². The van der Waals surface area contributed by atoms with Crippen LogP contribution in [-0.4, -0.2) is 66.5 Å². The molecule has 3 atom stereocenters. The summed E-state index contributed by atoms with van der Waals surface area (Å²) in [5.74, 6) is -1.49. The zero-order valence-electron chi connectivity index (χ0n) is 49.9. The fourth-order valence-corrected chi connectivity index (χ4v) is 9.38. The van der Waals surface area contributed by atoms with Crippen LogP contribution in [0.25, 0.3) is 0 Å². The average Bonchev–Trinajstić information content (AvgIpc) is 3.43. The van der Waals surface area contributed by atoms with Gasteiger partial charge in [-0.05, 0) is 89.9 Å². The van der Waals surface area contributed by atoms with Gasteiger partial charge in [0, 0.05) is 19.3 Å². The highest BCUT2D eigenvalue weighted by Crippen LogP contribution is 2.43. The van der Waals surface area contributed by atoms with Crippen molar-refractivity contribution in [1.29, 1.82) is 0 Å². The van der Waals surface area contributed by atoms with Crippen molar-refractivity contribution in [3.05, 3.63) is 85.1 Å². The number of aliphatic hydroxyl groups excluding tert-OH is 1. The largest absolute Gasteiger partial charge is 0.472 e. The Morgan fingerprint density at radius 3 is 1.03 bits per heavy atom. The first-order valence-corrected chi connectivity index (χ1v) is 33.0. The van der Waals surface area contributed by atoms with E-state index in [2.05, 4.69) is 106 Å². The van der Waals surface area contributed by atoms with Crippen LogP contribution in [0, 0.1) is 0 Å². The second kappa shape index (κ2) is 59.8. The Morgan fingerprint density at radius 2 is 0.667 bits per heavy atom. The van der Waals surface area contributed by atoms with Crippen molar-refractivity contribution in [2.75, 3.05) is 26.4 Å². The number of carbonyl (C=O) groups excluding carboxylic acids is 3. The monoisotopic (exact) mass is 1110 g/mol. The van der Waals surface area contributed by atoms with E-state index in [1.807, 2.05) is 0 Å². The maximum Gasteiger partial charge on any atom is 0.472 e. The van der Waals surface area contributed by atoms with Crippen LogP contribution in [0.15, 0.2) is 85.1 Å². The van der Waals surface area contributed by atoms with Crippen LogP contribution in [0.5, 0.6) is 0 Å². The number of aliphatic hydroxyl groups is 1. The first-order chi connectivity index (χ1) is 38.2. The van der Waals surface area contributed by atoms with Crippen LogP contribution in [0.2, 0.25) is 0 Å². The molecule has 0 aliphatic heterocycles. The summed E-state index contributed by atoms with van der Waals surface area (Å²) in [7, 11) is -4.76.